The van der Waals surface area contributed by atoms with Crippen LogP contribution >= 0.6 is 0 Å². The monoisotopic (exact) mass is 399 g/mol. The zero-order valence-electron chi connectivity index (χ0n) is 14.8. The normalized spacial score (nSPS) is 10.4. The average molecular weight is 399 g/mol. The van der Waals surface area contributed by atoms with Crippen LogP contribution in [0.1, 0.15) is 21.0 Å². The van der Waals surface area contributed by atoms with Crippen LogP contribution in [0.2, 0.25) is 0 Å². The molecule has 11 heteroatoms. The highest BCUT2D eigenvalue weighted by atomic mass is 19.1. The van der Waals surface area contributed by atoms with Gasteiger partial charge in [0.05, 0.1) is 4.92 Å². The molecule has 10 nitrogen and oxygen atoms in total. The molecule has 0 saturated carbocycles. The molecule has 3 aromatic rings. The first kappa shape index (κ1) is 19.6. The molecule has 0 unspecified atom stereocenters. The number of halogens is 1. The number of hydrogen-bond acceptors (Lipinski definition) is 7. The van der Waals surface area contributed by atoms with Crippen molar-refractivity contribution in [3.63, 3.8) is 0 Å². The van der Waals surface area contributed by atoms with Gasteiger partial charge in [-0.15, -0.1) is 0 Å². The van der Waals surface area contributed by atoms with Crippen molar-refractivity contribution in [3.8, 4) is 11.4 Å². The van der Waals surface area contributed by atoms with Crippen molar-refractivity contribution in [1.82, 2.24) is 20.8 Å². The van der Waals surface area contributed by atoms with Gasteiger partial charge in [0, 0.05) is 36.3 Å². The lowest BCUT2D eigenvalue weighted by Gasteiger charge is -2.05. The minimum atomic E-state index is -0.637. The molecule has 3 rings (SSSR count). The Morgan fingerprint density at radius 1 is 1.00 bits per heavy atom. The van der Waals surface area contributed by atoms with Gasteiger partial charge in [0.15, 0.2) is 0 Å². The number of benzene rings is 2. The molecular weight excluding hydrogens is 385 g/mol. The van der Waals surface area contributed by atoms with E-state index in [1.165, 1.54) is 48.5 Å². The van der Waals surface area contributed by atoms with Crippen LogP contribution in [-0.4, -0.2) is 40.0 Å². The molecule has 0 aliphatic carbocycles. The summed E-state index contributed by atoms with van der Waals surface area (Å²) in [5.41, 5.74) is 0.658. The second-order valence-corrected chi connectivity index (χ2v) is 5.75. The van der Waals surface area contributed by atoms with E-state index in [0.717, 1.165) is 0 Å². The van der Waals surface area contributed by atoms with E-state index in [4.69, 9.17) is 4.52 Å². The van der Waals surface area contributed by atoms with E-state index < -0.39 is 22.6 Å². The fraction of sp³-hybridized carbons (Fsp3) is 0.111. The minimum absolute atomic E-state index is 0.0853. The molecule has 0 bridgehead atoms. The summed E-state index contributed by atoms with van der Waals surface area (Å²) in [4.78, 5) is 38.0. The van der Waals surface area contributed by atoms with Gasteiger partial charge in [-0.25, -0.2) is 4.39 Å². The van der Waals surface area contributed by atoms with E-state index >= 15 is 0 Å². The fourth-order valence-corrected chi connectivity index (χ4v) is 2.30. The van der Waals surface area contributed by atoms with Gasteiger partial charge in [0.1, 0.15) is 5.82 Å². The lowest BCUT2D eigenvalue weighted by molar-refractivity contribution is -0.384. The zero-order chi connectivity index (χ0) is 20.8. The summed E-state index contributed by atoms with van der Waals surface area (Å²) >= 11 is 0. The molecule has 0 spiro atoms. The number of nitrogens with zero attached hydrogens (tertiary/aromatic N) is 3. The van der Waals surface area contributed by atoms with Gasteiger partial charge >= 0.3 is 11.8 Å². The lowest BCUT2D eigenvalue weighted by atomic mass is 10.2. The van der Waals surface area contributed by atoms with Gasteiger partial charge < -0.3 is 15.2 Å². The number of aromatic nitrogens is 2. The van der Waals surface area contributed by atoms with Crippen molar-refractivity contribution >= 4 is 17.5 Å². The van der Waals surface area contributed by atoms with Gasteiger partial charge in [-0.3, -0.25) is 19.7 Å². The highest BCUT2D eigenvalue weighted by molar-refractivity contribution is 5.94. The van der Waals surface area contributed by atoms with Gasteiger partial charge in [0.2, 0.25) is 5.82 Å². The maximum atomic E-state index is 12.8. The van der Waals surface area contributed by atoms with Crippen LogP contribution in [0.25, 0.3) is 11.4 Å². The van der Waals surface area contributed by atoms with E-state index in [0.29, 0.717) is 11.1 Å². The molecular formula is C18H14FN5O5. The highest BCUT2D eigenvalue weighted by Crippen LogP contribution is 2.19. The van der Waals surface area contributed by atoms with Crippen molar-refractivity contribution < 1.29 is 23.4 Å². The second-order valence-electron chi connectivity index (χ2n) is 5.75. The Morgan fingerprint density at radius 3 is 2.24 bits per heavy atom. The van der Waals surface area contributed by atoms with E-state index in [9.17, 15) is 24.1 Å². The van der Waals surface area contributed by atoms with Gasteiger partial charge in [-0.2, -0.15) is 4.98 Å². The first-order chi connectivity index (χ1) is 13.9. The summed E-state index contributed by atoms with van der Waals surface area (Å²) in [5, 5.41) is 19.4. The Kier molecular flexibility index (Phi) is 5.88. The van der Waals surface area contributed by atoms with Crippen LogP contribution in [0.5, 0.6) is 0 Å². The predicted octanol–water partition coefficient (Wildman–Crippen LogP) is 1.94. The van der Waals surface area contributed by atoms with Gasteiger partial charge in [0.25, 0.3) is 11.6 Å². The number of non-ortho nitro benzene ring substituents is 1. The summed E-state index contributed by atoms with van der Waals surface area (Å²) < 4.78 is 17.7. The molecule has 0 fully saturated rings. The minimum Gasteiger partial charge on any atom is -0.350 e. The van der Waals surface area contributed by atoms with Crippen molar-refractivity contribution in [3.05, 3.63) is 75.9 Å². The van der Waals surface area contributed by atoms with Gasteiger partial charge in [-0.05, 0) is 36.4 Å². The number of rotatable bonds is 7. The third-order valence-electron chi connectivity index (χ3n) is 3.76. The van der Waals surface area contributed by atoms with Crippen LogP contribution in [0.4, 0.5) is 10.1 Å². The largest absolute Gasteiger partial charge is 0.350 e. The van der Waals surface area contributed by atoms with Crippen LogP contribution in [0.3, 0.4) is 0 Å². The molecule has 1 aromatic heterocycles. The molecule has 2 amide bonds. The quantitative estimate of drug-likeness (QED) is 0.351. The van der Waals surface area contributed by atoms with Crippen molar-refractivity contribution in [2.24, 2.45) is 0 Å². The third-order valence-corrected chi connectivity index (χ3v) is 3.76. The summed E-state index contributed by atoms with van der Waals surface area (Å²) in [5.74, 6) is -1.67. The van der Waals surface area contributed by atoms with E-state index in [1.54, 1.807) is 0 Å². The predicted molar refractivity (Wildman–Crippen MR) is 97.5 cm³/mol. The Balaban J connectivity index is 1.49. The highest BCUT2D eigenvalue weighted by Gasteiger charge is 2.16. The number of nitro groups is 1. The lowest BCUT2D eigenvalue weighted by Crippen LogP contribution is -2.34. The average Bonchev–Trinajstić information content (AvgIpc) is 3.22. The summed E-state index contributed by atoms with van der Waals surface area (Å²) in [6, 6.07) is 10.5. The molecule has 148 valence electrons. The van der Waals surface area contributed by atoms with E-state index in [1.807, 2.05) is 0 Å². The van der Waals surface area contributed by atoms with Crippen LogP contribution in [0.15, 0.2) is 53.1 Å². The first-order valence-corrected chi connectivity index (χ1v) is 8.34. The Bertz CT molecular complexity index is 1030. The molecule has 1 heterocycles. The fourth-order valence-electron chi connectivity index (χ4n) is 2.30. The Hall–Kier alpha value is -4.15. The van der Waals surface area contributed by atoms with Crippen LogP contribution in [0, 0.1) is 15.9 Å². The first-order valence-electron chi connectivity index (χ1n) is 8.34. The van der Waals surface area contributed by atoms with Crippen LogP contribution in [-0.2, 0) is 0 Å². The molecule has 2 aromatic carbocycles. The van der Waals surface area contributed by atoms with Crippen molar-refractivity contribution in [1.29, 1.82) is 0 Å². The number of carbonyl (C=O) groups is 2. The van der Waals surface area contributed by atoms with Gasteiger partial charge in [-0.1, -0.05) is 5.16 Å². The smallest absolute Gasteiger partial charge is 0.316 e. The Morgan fingerprint density at radius 2 is 1.62 bits per heavy atom. The number of nitro benzene ring substituents is 1. The van der Waals surface area contributed by atoms with Crippen molar-refractivity contribution in [2.75, 3.05) is 13.1 Å². The second kappa shape index (κ2) is 8.69. The SMILES string of the molecule is O=C(NCCNC(=O)c1nc(-c2ccc([N+](=O)[O-])cc2)no1)c1ccc(F)cc1. The molecule has 0 aliphatic rings. The Labute approximate surface area is 162 Å². The van der Waals surface area contributed by atoms with Crippen molar-refractivity contribution in [2.45, 2.75) is 0 Å². The number of hydrogen-bond donors (Lipinski definition) is 2. The molecule has 0 saturated heterocycles. The molecule has 0 atom stereocenters. The zero-order valence-corrected chi connectivity index (χ0v) is 14.8. The molecule has 0 radical (unpaired) electrons. The summed E-state index contributed by atoms with van der Waals surface area (Å²) in [7, 11) is 0. The molecule has 29 heavy (non-hydrogen) atoms. The topological polar surface area (TPSA) is 140 Å². The van der Waals surface area contributed by atoms with E-state index in [2.05, 4.69) is 20.8 Å². The maximum absolute atomic E-state index is 12.8. The number of carbonyl (C=O) groups excluding carboxylic acids is 2. The number of amides is 2. The third kappa shape index (κ3) is 4.97. The number of nitrogens with one attached hydrogen (secondary N) is 2. The molecule has 0 aliphatic heterocycles. The van der Waals surface area contributed by atoms with E-state index in [-0.39, 0.29) is 30.5 Å². The van der Waals surface area contributed by atoms with Crippen LogP contribution < -0.4 is 10.6 Å². The summed E-state index contributed by atoms with van der Waals surface area (Å²) in [6.45, 7) is 0.228. The maximum Gasteiger partial charge on any atom is 0.316 e. The standard InChI is InChI=1S/C18H14FN5O5/c19-13-5-1-12(2-6-13)16(25)20-9-10-21-17(26)18-22-15(23-29-18)11-3-7-14(8-4-11)24(27)28/h1-8H,9-10H2,(H,20,25)(H,21,26). The molecule has 2 N–H and O–H groups in total. The summed E-state index contributed by atoms with van der Waals surface area (Å²) in [6.07, 6.45) is 0.